The number of allylic oxidation sites excluding steroid dienone is 2. The highest BCUT2D eigenvalue weighted by Crippen LogP contribution is 2.23. The maximum absolute atomic E-state index is 11.0. The fourth-order valence-electron chi connectivity index (χ4n) is 1.31. The van der Waals surface area contributed by atoms with Gasteiger partial charge in [-0.25, -0.2) is 4.79 Å². The zero-order chi connectivity index (χ0) is 13.4. The first-order valence-corrected chi connectivity index (χ1v) is 5.97. The van der Waals surface area contributed by atoms with Gasteiger partial charge in [-0.1, -0.05) is 48.0 Å². The Bertz CT molecular complexity index is 452. The van der Waals surface area contributed by atoms with Gasteiger partial charge in [0.15, 0.2) is 0 Å². The first-order valence-electron chi connectivity index (χ1n) is 5.59. The van der Waals surface area contributed by atoms with Crippen LogP contribution in [-0.4, -0.2) is 17.7 Å². The van der Waals surface area contributed by atoms with Gasteiger partial charge in [-0.05, 0) is 13.0 Å². The average Bonchev–Trinajstić information content (AvgIpc) is 2.35. The van der Waals surface area contributed by atoms with Gasteiger partial charge in [0, 0.05) is 16.7 Å². The number of rotatable bonds is 5. The van der Waals surface area contributed by atoms with Gasteiger partial charge < -0.3 is 9.84 Å². The predicted molar refractivity (Wildman–Crippen MR) is 71.3 cm³/mol. The third-order valence-corrected chi connectivity index (χ3v) is 2.49. The zero-order valence-electron chi connectivity index (χ0n) is 10.0. The van der Waals surface area contributed by atoms with Crippen molar-refractivity contribution in [3.05, 3.63) is 59.2 Å². The number of aliphatic hydroxyl groups is 1. The van der Waals surface area contributed by atoms with E-state index in [4.69, 9.17) is 16.3 Å². The van der Waals surface area contributed by atoms with Crippen molar-refractivity contribution in [2.45, 2.75) is 13.0 Å². The summed E-state index contributed by atoms with van der Waals surface area (Å²) in [4.78, 5) is 11.0. The minimum atomic E-state index is -0.800. The monoisotopic (exact) mass is 266 g/mol. The molecule has 0 saturated carbocycles. The van der Waals surface area contributed by atoms with Gasteiger partial charge in [-0.2, -0.15) is 0 Å². The molecule has 1 unspecified atom stereocenters. The smallest absolute Gasteiger partial charge is 0.330 e. The summed E-state index contributed by atoms with van der Waals surface area (Å²) in [6.45, 7) is 2.08. The Morgan fingerprint density at radius 1 is 1.44 bits per heavy atom. The average molecular weight is 267 g/mol. The molecule has 3 nitrogen and oxygen atoms in total. The van der Waals surface area contributed by atoms with Gasteiger partial charge in [-0.3, -0.25) is 0 Å². The number of esters is 1. The summed E-state index contributed by atoms with van der Waals surface area (Å²) in [6.07, 6.45) is 5.12. The van der Waals surface area contributed by atoms with Crippen LogP contribution >= 0.6 is 11.6 Å². The predicted octanol–water partition coefficient (Wildman–Crippen LogP) is 3.05. The molecule has 0 radical (unpaired) electrons. The third-order valence-electron chi connectivity index (χ3n) is 2.15. The molecule has 18 heavy (non-hydrogen) atoms. The molecule has 0 heterocycles. The fourth-order valence-corrected chi connectivity index (χ4v) is 1.56. The maximum atomic E-state index is 11.0. The molecule has 1 N–H and O–H groups in total. The lowest BCUT2D eigenvalue weighted by Crippen LogP contribution is -1.98. The van der Waals surface area contributed by atoms with E-state index >= 15 is 0 Å². The van der Waals surface area contributed by atoms with E-state index < -0.39 is 12.1 Å². The summed E-state index contributed by atoms with van der Waals surface area (Å²) < 4.78 is 4.71. The SMILES string of the molecule is CCOC(=O)/C=C/C=C/C(O)c1ccccc1Cl. The van der Waals surface area contributed by atoms with Crippen LogP contribution in [0.2, 0.25) is 5.02 Å². The molecule has 1 rings (SSSR count). The highest BCUT2D eigenvalue weighted by atomic mass is 35.5. The first kappa shape index (κ1) is 14.5. The molecule has 0 aliphatic carbocycles. The van der Waals surface area contributed by atoms with Crippen LogP contribution in [0.4, 0.5) is 0 Å². The van der Waals surface area contributed by atoms with Crippen molar-refractivity contribution < 1.29 is 14.6 Å². The van der Waals surface area contributed by atoms with Gasteiger partial charge in [0.05, 0.1) is 12.7 Å². The van der Waals surface area contributed by atoms with Crippen LogP contribution in [0.15, 0.2) is 48.6 Å². The van der Waals surface area contributed by atoms with Crippen LogP contribution in [0.3, 0.4) is 0 Å². The van der Waals surface area contributed by atoms with Gasteiger partial charge in [0.25, 0.3) is 0 Å². The lowest BCUT2D eigenvalue weighted by molar-refractivity contribution is -0.137. The van der Waals surface area contributed by atoms with E-state index in [0.29, 0.717) is 17.2 Å². The zero-order valence-corrected chi connectivity index (χ0v) is 10.8. The molecule has 4 heteroatoms. The minimum Gasteiger partial charge on any atom is -0.463 e. The molecule has 0 fully saturated rings. The third kappa shape index (κ3) is 4.73. The summed E-state index contributed by atoms with van der Waals surface area (Å²) in [5.41, 5.74) is 0.625. The van der Waals surface area contributed by atoms with E-state index in [0.717, 1.165) is 0 Å². The number of halogens is 1. The van der Waals surface area contributed by atoms with E-state index in [1.807, 2.05) is 0 Å². The molecule has 1 aromatic carbocycles. The number of hydrogen-bond donors (Lipinski definition) is 1. The number of benzene rings is 1. The van der Waals surface area contributed by atoms with Crippen LogP contribution < -0.4 is 0 Å². The molecule has 0 spiro atoms. The van der Waals surface area contributed by atoms with Gasteiger partial charge in [0.2, 0.25) is 0 Å². The maximum Gasteiger partial charge on any atom is 0.330 e. The number of carbonyl (C=O) groups is 1. The standard InChI is InChI=1S/C14H15ClO3/c1-2-18-14(17)10-6-5-9-13(16)11-7-3-4-8-12(11)15/h3-10,13,16H,2H2,1H3/b9-5+,10-6+. The van der Waals surface area contributed by atoms with E-state index in [1.165, 1.54) is 18.2 Å². The van der Waals surface area contributed by atoms with Crippen molar-refractivity contribution in [3.63, 3.8) is 0 Å². The molecule has 1 atom stereocenters. The highest BCUT2D eigenvalue weighted by molar-refractivity contribution is 6.31. The second-order valence-corrected chi connectivity index (χ2v) is 3.87. The van der Waals surface area contributed by atoms with Crippen molar-refractivity contribution in [2.75, 3.05) is 6.61 Å². The number of carbonyl (C=O) groups excluding carboxylic acids is 1. The molecule has 96 valence electrons. The van der Waals surface area contributed by atoms with Crippen LogP contribution in [-0.2, 0) is 9.53 Å². The number of aliphatic hydroxyl groups excluding tert-OH is 1. The summed E-state index contributed by atoms with van der Waals surface area (Å²) in [7, 11) is 0. The lowest BCUT2D eigenvalue weighted by Gasteiger charge is -2.07. The lowest BCUT2D eigenvalue weighted by atomic mass is 10.1. The first-order chi connectivity index (χ1) is 8.65. The highest BCUT2D eigenvalue weighted by Gasteiger charge is 2.06. The Labute approximate surface area is 111 Å². The Balaban J connectivity index is 2.57. The Kier molecular flexibility index (Phi) is 6.19. The molecule has 1 aromatic rings. The molecule has 0 aliphatic heterocycles. The quantitative estimate of drug-likeness (QED) is 0.506. The van der Waals surface area contributed by atoms with E-state index in [2.05, 4.69) is 0 Å². The molecule has 0 bridgehead atoms. The normalized spacial score (nSPS) is 13.1. The summed E-state index contributed by atoms with van der Waals surface area (Å²) in [6, 6.07) is 7.05. The fraction of sp³-hybridized carbons (Fsp3) is 0.214. The second-order valence-electron chi connectivity index (χ2n) is 3.46. The second kappa shape index (κ2) is 7.69. The number of ether oxygens (including phenoxy) is 1. The van der Waals surface area contributed by atoms with Gasteiger partial charge >= 0.3 is 5.97 Å². The van der Waals surface area contributed by atoms with Crippen molar-refractivity contribution >= 4 is 17.6 Å². The minimum absolute atomic E-state index is 0.342. The van der Waals surface area contributed by atoms with E-state index in [1.54, 1.807) is 37.3 Å². The summed E-state index contributed by atoms with van der Waals surface area (Å²) in [5.74, 6) is -0.408. The molecule has 0 saturated heterocycles. The topological polar surface area (TPSA) is 46.5 Å². The van der Waals surface area contributed by atoms with Crippen molar-refractivity contribution in [2.24, 2.45) is 0 Å². The van der Waals surface area contributed by atoms with Gasteiger partial charge in [-0.15, -0.1) is 0 Å². The van der Waals surface area contributed by atoms with Crippen LogP contribution in [0.1, 0.15) is 18.6 Å². The van der Waals surface area contributed by atoms with Crippen LogP contribution in [0.25, 0.3) is 0 Å². The Morgan fingerprint density at radius 3 is 2.83 bits per heavy atom. The molecule has 0 aromatic heterocycles. The Morgan fingerprint density at radius 2 is 2.17 bits per heavy atom. The van der Waals surface area contributed by atoms with Crippen molar-refractivity contribution in [1.29, 1.82) is 0 Å². The van der Waals surface area contributed by atoms with Crippen molar-refractivity contribution in [1.82, 2.24) is 0 Å². The molecular formula is C14H15ClO3. The van der Waals surface area contributed by atoms with Crippen LogP contribution in [0.5, 0.6) is 0 Å². The van der Waals surface area contributed by atoms with Crippen LogP contribution in [0, 0.1) is 0 Å². The van der Waals surface area contributed by atoms with Crippen molar-refractivity contribution in [3.8, 4) is 0 Å². The molecule has 0 aliphatic rings. The number of hydrogen-bond acceptors (Lipinski definition) is 3. The van der Waals surface area contributed by atoms with E-state index in [9.17, 15) is 9.90 Å². The largest absolute Gasteiger partial charge is 0.463 e. The summed E-state index contributed by atoms with van der Waals surface area (Å²) >= 11 is 5.94. The molecule has 0 amide bonds. The summed E-state index contributed by atoms with van der Waals surface area (Å²) in [5, 5.41) is 10.4. The van der Waals surface area contributed by atoms with Gasteiger partial charge in [0.1, 0.15) is 0 Å². The van der Waals surface area contributed by atoms with E-state index in [-0.39, 0.29) is 0 Å². The Hall–Kier alpha value is -1.58. The molecular weight excluding hydrogens is 252 g/mol.